The van der Waals surface area contributed by atoms with E-state index in [1.807, 2.05) is 6.08 Å². The van der Waals surface area contributed by atoms with Crippen molar-refractivity contribution >= 4 is 11.9 Å². The van der Waals surface area contributed by atoms with Crippen LogP contribution in [0.4, 0.5) is 0 Å². The zero-order chi connectivity index (χ0) is 45.8. The van der Waals surface area contributed by atoms with Crippen LogP contribution in [0, 0.1) is 0 Å². The molecule has 63 heavy (non-hydrogen) atoms. The fraction of sp³-hybridized carbons (Fsp3) is 0.825. The number of unbranched alkanes of at least 4 members (excludes halogenated alkanes) is 33. The van der Waals surface area contributed by atoms with Gasteiger partial charge in [0.2, 0.25) is 5.91 Å². The quantitative estimate of drug-likeness (QED) is 0.0321. The maximum absolute atomic E-state index is 12.4. The highest BCUT2D eigenvalue weighted by Crippen LogP contribution is 2.16. The highest BCUT2D eigenvalue weighted by molar-refractivity contribution is 5.76. The number of hydrogen-bond donors (Lipinski definition) is 3. The Bertz CT molecular complexity index is 1070. The van der Waals surface area contributed by atoms with E-state index in [0.29, 0.717) is 19.4 Å². The molecule has 1 amide bonds. The largest absolute Gasteiger partial charge is 0.466 e. The molecule has 0 aliphatic rings. The number of carbonyl (C=O) groups excluding carboxylic acids is 2. The fourth-order valence-electron chi connectivity index (χ4n) is 8.08. The van der Waals surface area contributed by atoms with Gasteiger partial charge in [-0.05, 0) is 83.5 Å². The predicted octanol–water partition coefficient (Wildman–Crippen LogP) is 16.6. The molecule has 0 saturated carbocycles. The van der Waals surface area contributed by atoms with Crippen LogP contribution in [0.3, 0.4) is 0 Å². The third-order valence-electron chi connectivity index (χ3n) is 12.3. The Morgan fingerprint density at radius 3 is 1.29 bits per heavy atom. The van der Waals surface area contributed by atoms with E-state index in [1.165, 1.54) is 173 Å². The summed E-state index contributed by atoms with van der Waals surface area (Å²) in [6.45, 7) is 4.79. The Kier molecular flexibility index (Phi) is 50.6. The Balaban J connectivity index is 3.57. The number of allylic oxidation sites excluding steroid dienone is 7. The second kappa shape index (κ2) is 52.4. The number of esters is 1. The van der Waals surface area contributed by atoms with Crippen molar-refractivity contribution in [3.05, 3.63) is 48.6 Å². The first-order chi connectivity index (χ1) is 31.0. The lowest BCUT2D eigenvalue weighted by Crippen LogP contribution is -2.45. The van der Waals surface area contributed by atoms with Crippen LogP contribution in [0.25, 0.3) is 0 Å². The molecule has 0 aromatic rings. The highest BCUT2D eigenvalue weighted by atomic mass is 16.5. The summed E-state index contributed by atoms with van der Waals surface area (Å²) in [5.41, 5.74) is 0. The van der Waals surface area contributed by atoms with Crippen molar-refractivity contribution in [3.8, 4) is 0 Å². The summed E-state index contributed by atoms with van der Waals surface area (Å²) in [6, 6.07) is -0.667. The molecule has 3 N–H and O–H groups in total. The molecule has 0 fully saturated rings. The van der Waals surface area contributed by atoms with Gasteiger partial charge in [-0.15, -0.1) is 0 Å². The van der Waals surface area contributed by atoms with Crippen LogP contribution < -0.4 is 5.32 Å². The minimum Gasteiger partial charge on any atom is -0.466 e. The molecule has 0 aromatic carbocycles. The number of aliphatic hydroxyl groups is 2. The van der Waals surface area contributed by atoms with Crippen molar-refractivity contribution in [3.63, 3.8) is 0 Å². The Labute approximate surface area is 391 Å². The van der Waals surface area contributed by atoms with E-state index < -0.39 is 12.1 Å². The summed E-state index contributed by atoms with van der Waals surface area (Å²) in [4.78, 5) is 24.5. The Morgan fingerprint density at radius 1 is 0.444 bits per heavy atom. The zero-order valence-electron chi connectivity index (χ0n) is 41.8. The predicted molar refractivity (Wildman–Crippen MR) is 273 cm³/mol. The minimum absolute atomic E-state index is 0.0422. The number of ether oxygens (including phenoxy) is 1. The van der Waals surface area contributed by atoms with Gasteiger partial charge in [0.25, 0.3) is 0 Å². The molecule has 0 aromatic heterocycles. The van der Waals surface area contributed by atoms with Gasteiger partial charge in [-0.2, -0.15) is 0 Å². The van der Waals surface area contributed by atoms with E-state index in [2.05, 4.69) is 55.6 Å². The average Bonchev–Trinajstić information content (AvgIpc) is 3.28. The van der Waals surface area contributed by atoms with Gasteiger partial charge in [0.05, 0.1) is 25.4 Å². The van der Waals surface area contributed by atoms with E-state index in [0.717, 1.165) is 77.0 Å². The molecule has 368 valence electrons. The summed E-state index contributed by atoms with van der Waals surface area (Å²) in [5, 5.41) is 23.1. The first-order valence-electron chi connectivity index (χ1n) is 27.4. The number of carbonyl (C=O) groups is 2. The zero-order valence-corrected chi connectivity index (χ0v) is 41.8. The van der Waals surface area contributed by atoms with E-state index in [1.54, 1.807) is 6.08 Å². The molecule has 0 aliphatic heterocycles. The Hall–Kier alpha value is -2.18. The van der Waals surface area contributed by atoms with Crippen molar-refractivity contribution in [2.24, 2.45) is 0 Å². The van der Waals surface area contributed by atoms with Crippen LogP contribution in [0.1, 0.15) is 277 Å². The molecule has 2 unspecified atom stereocenters. The van der Waals surface area contributed by atoms with Crippen molar-refractivity contribution < 1.29 is 24.5 Å². The number of hydrogen-bond acceptors (Lipinski definition) is 5. The van der Waals surface area contributed by atoms with Crippen molar-refractivity contribution in [1.82, 2.24) is 5.32 Å². The fourth-order valence-corrected chi connectivity index (χ4v) is 8.08. The van der Waals surface area contributed by atoms with Gasteiger partial charge in [0.1, 0.15) is 0 Å². The van der Waals surface area contributed by atoms with E-state index >= 15 is 0 Å². The molecular weight excluding hydrogens is 779 g/mol. The molecule has 0 bridgehead atoms. The molecule has 0 aliphatic carbocycles. The molecule has 6 heteroatoms. The monoisotopic (exact) mass is 884 g/mol. The van der Waals surface area contributed by atoms with Crippen molar-refractivity contribution in [2.75, 3.05) is 13.2 Å². The standard InChI is InChI=1S/C57H105NO5/c1-3-5-7-9-11-13-15-17-19-21-23-25-27-29-31-35-39-43-47-51-57(62)63-52-48-44-40-36-32-34-38-42-46-50-56(61)58-54(53-59)55(60)49-45-41-37-33-30-28-26-24-22-20-18-16-14-12-10-8-6-4-2/h11,13,17,19,34,38,45,49,54-55,59-60H,3-10,12,14-16,18,20-33,35-37,39-44,46-48,50-53H2,1-2H3,(H,58,61)/b13-11-,19-17-,38-34-,49-45+. The third kappa shape index (κ3) is 49.1. The number of aliphatic hydroxyl groups excluding tert-OH is 2. The van der Waals surface area contributed by atoms with Gasteiger partial charge in [0.15, 0.2) is 0 Å². The summed E-state index contributed by atoms with van der Waals surface area (Å²) in [6.07, 6.45) is 65.5. The minimum atomic E-state index is -0.877. The van der Waals surface area contributed by atoms with Crippen LogP contribution in [-0.4, -0.2) is 47.4 Å². The number of rotatable bonds is 50. The average molecular weight is 884 g/mol. The summed E-state index contributed by atoms with van der Waals surface area (Å²) >= 11 is 0. The van der Waals surface area contributed by atoms with Gasteiger partial charge in [-0.1, -0.05) is 229 Å². The molecule has 0 heterocycles. The van der Waals surface area contributed by atoms with Crippen molar-refractivity contribution in [2.45, 2.75) is 289 Å². The van der Waals surface area contributed by atoms with Gasteiger partial charge < -0.3 is 20.3 Å². The SMILES string of the molecule is CCCCC/C=C\C/C=C\CCCCCCCCCCCC(=O)OCCCCCC/C=C\CCCC(=O)NC(CO)C(O)/C=C/CCCCCCCCCCCCCCCCCC. The molecule has 6 nitrogen and oxygen atoms in total. The lowest BCUT2D eigenvalue weighted by atomic mass is 10.0. The second-order valence-corrected chi connectivity index (χ2v) is 18.5. The highest BCUT2D eigenvalue weighted by Gasteiger charge is 2.17. The lowest BCUT2D eigenvalue weighted by Gasteiger charge is -2.19. The van der Waals surface area contributed by atoms with Gasteiger partial charge in [-0.3, -0.25) is 9.59 Å². The maximum Gasteiger partial charge on any atom is 0.305 e. The molecular formula is C57H105NO5. The van der Waals surface area contributed by atoms with Gasteiger partial charge in [-0.25, -0.2) is 0 Å². The summed E-state index contributed by atoms with van der Waals surface area (Å²) < 4.78 is 5.45. The van der Waals surface area contributed by atoms with Crippen LogP contribution in [0.15, 0.2) is 48.6 Å². The smallest absolute Gasteiger partial charge is 0.305 e. The van der Waals surface area contributed by atoms with E-state index in [-0.39, 0.29) is 18.5 Å². The number of amides is 1. The van der Waals surface area contributed by atoms with Crippen LogP contribution in [0.2, 0.25) is 0 Å². The van der Waals surface area contributed by atoms with E-state index in [9.17, 15) is 19.8 Å². The normalized spacial score (nSPS) is 13.0. The first-order valence-corrected chi connectivity index (χ1v) is 27.4. The molecule has 0 radical (unpaired) electrons. The molecule has 0 rings (SSSR count). The molecule has 0 saturated heterocycles. The van der Waals surface area contributed by atoms with Crippen LogP contribution in [-0.2, 0) is 14.3 Å². The lowest BCUT2D eigenvalue weighted by molar-refractivity contribution is -0.143. The topological polar surface area (TPSA) is 95.9 Å². The third-order valence-corrected chi connectivity index (χ3v) is 12.3. The summed E-state index contributed by atoms with van der Waals surface area (Å²) in [5.74, 6) is -0.171. The summed E-state index contributed by atoms with van der Waals surface area (Å²) in [7, 11) is 0. The molecule has 2 atom stereocenters. The van der Waals surface area contributed by atoms with E-state index in [4.69, 9.17) is 4.74 Å². The Morgan fingerprint density at radius 2 is 0.810 bits per heavy atom. The first kappa shape index (κ1) is 60.8. The van der Waals surface area contributed by atoms with Crippen LogP contribution >= 0.6 is 0 Å². The molecule has 0 spiro atoms. The van der Waals surface area contributed by atoms with Crippen molar-refractivity contribution in [1.29, 1.82) is 0 Å². The maximum atomic E-state index is 12.4. The van der Waals surface area contributed by atoms with Gasteiger partial charge >= 0.3 is 5.97 Å². The second-order valence-electron chi connectivity index (χ2n) is 18.5. The number of nitrogens with one attached hydrogen (secondary N) is 1. The van der Waals surface area contributed by atoms with Gasteiger partial charge in [0, 0.05) is 12.8 Å². The van der Waals surface area contributed by atoms with Crippen LogP contribution in [0.5, 0.6) is 0 Å².